The van der Waals surface area contributed by atoms with E-state index in [4.69, 9.17) is 4.74 Å². The monoisotopic (exact) mass is 340 g/mol. The van der Waals surface area contributed by atoms with Gasteiger partial charge in [0, 0.05) is 10.5 Å². The van der Waals surface area contributed by atoms with E-state index in [-0.39, 0.29) is 6.54 Å². The zero-order valence-corrected chi connectivity index (χ0v) is 11.6. The lowest BCUT2D eigenvalue weighted by molar-refractivity contribution is -0.137. The molecule has 0 saturated heterocycles. The Balaban J connectivity index is 2.50. The van der Waals surface area contributed by atoms with Crippen molar-refractivity contribution in [2.24, 2.45) is 0 Å². The number of benzene rings is 1. The molecule has 0 heterocycles. The Labute approximate surface area is 116 Å². The molecule has 106 valence electrons. The van der Waals surface area contributed by atoms with Crippen molar-refractivity contribution in [3.8, 4) is 5.75 Å². The number of carbonyl (C=O) groups excluding carboxylic acids is 1. The molecule has 8 heteroatoms. The molecule has 0 aliphatic heterocycles. The molecule has 1 aromatic rings. The van der Waals surface area contributed by atoms with Crippen LogP contribution in [0.25, 0.3) is 0 Å². The molecule has 0 fully saturated rings. The van der Waals surface area contributed by atoms with Gasteiger partial charge in [-0.3, -0.25) is 4.79 Å². The van der Waals surface area contributed by atoms with Crippen LogP contribution in [0.5, 0.6) is 5.75 Å². The first-order chi connectivity index (χ1) is 8.81. The van der Waals surface area contributed by atoms with Gasteiger partial charge in [-0.15, -0.1) is 0 Å². The smallest absolute Gasteiger partial charge is 0.405 e. The predicted octanol–water partition coefficient (Wildman–Crippen LogP) is 2.55. The van der Waals surface area contributed by atoms with E-state index < -0.39 is 18.6 Å². The molecular weight excluding hydrogens is 329 g/mol. The lowest BCUT2D eigenvalue weighted by atomic mass is 10.3. The van der Waals surface area contributed by atoms with Gasteiger partial charge in [-0.1, -0.05) is 0 Å². The number of hydrogen-bond acceptors (Lipinski definition) is 3. The van der Waals surface area contributed by atoms with Crippen molar-refractivity contribution in [3.63, 3.8) is 0 Å². The van der Waals surface area contributed by atoms with Crippen molar-refractivity contribution >= 4 is 27.5 Å². The summed E-state index contributed by atoms with van der Waals surface area (Å²) in [6, 6.07) is 5.04. The maximum absolute atomic E-state index is 11.9. The molecule has 0 bridgehead atoms. The van der Waals surface area contributed by atoms with Crippen LogP contribution in [0, 0.1) is 0 Å². The highest BCUT2D eigenvalue weighted by atomic mass is 79.9. The van der Waals surface area contributed by atoms with Gasteiger partial charge in [0.05, 0.1) is 19.3 Å². The van der Waals surface area contributed by atoms with E-state index in [1.165, 1.54) is 7.11 Å². The lowest BCUT2D eigenvalue weighted by Gasteiger charge is -2.11. The normalized spacial score (nSPS) is 11.0. The van der Waals surface area contributed by atoms with E-state index in [0.29, 0.717) is 15.9 Å². The third kappa shape index (κ3) is 5.82. The van der Waals surface area contributed by atoms with Crippen molar-refractivity contribution in [2.75, 3.05) is 25.5 Å². The highest BCUT2D eigenvalue weighted by Crippen LogP contribution is 2.26. The van der Waals surface area contributed by atoms with E-state index in [0.717, 1.165) is 0 Å². The number of hydrogen-bond donors (Lipinski definition) is 2. The summed E-state index contributed by atoms with van der Waals surface area (Å²) in [5.41, 5.74) is 0.557. The second kappa shape index (κ2) is 6.65. The van der Waals surface area contributed by atoms with Crippen LogP contribution < -0.4 is 15.4 Å². The molecule has 0 aliphatic carbocycles. The third-order valence-electron chi connectivity index (χ3n) is 2.10. The van der Waals surface area contributed by atoms with E-state index in [9.17, 15) is 18.0 Å². The van der Waals surface area contributed by atoms with Crippen LogP contribution in [0.4, 0.5) is 18.9 Å². The molecule has 0 atom stereocenters. The number of nitrogens with one attached hydrogen (secondary N) is 2. The first-order valence-electron chi connectivity index (χ1n) is 5.22. The fourth-order valence-corrected chi connectivity index (χ4v) is 1.59. The van der Waals surface area contributed by atoms with Gasteiger partial charge >= 0.3 is 6.18 Å². The number of alkyl halides is 3. The van der Waals surface area contributed by atoms with Crippen molar-refractivity contribution in [2.45, 2.75) is 6.18 Å². The maximum atomic E-state index is 11.9. The number of rotatable bonds is 5. The molecule has 0 unspecified atom stereocenters. The van der Waals surface area contributed by atoms with Crippen LogP contribution in [-0.2, 0) is 4.79 Å². The standard InChI is InChI=1S/C11H12BrF3N2O2/c1-19-7-2-3-8(12)9(4-7)16-5-10(18)17-6-11(13,14)15/h2-4,16H,5-6H2,1H3,(H,17,18). The molecule has 19 heavy (non-hydrogen) atoms. The van der Waals surface area contributed by atoms with Crippen LogP contribution in [-0.4, -0.2) is 32.3 Å². The minimum absolute atomic E-state index is 0.262. The van der Waals surface area contributed by atoms with Crippen LogP contribution in [0.2, 0.25) is 0 Å². The molecule has 0 aromatic heterocycles. The molecule has 1 amide bonds. The zero-order valence-electron chi connectivity index (χ0n) is 9.97. The Kier molecular flexibility index (Phi) is 5.46. The van der Waals surface area contributed by atoms with Crippen LogP contribution >= 0.6 is 15.9 Å². The summed E-state index contributed by atoms with van der Waals surface area (Å²) < 4.78 is 41.3. The minimum atomic E-state index is -4.41. The molecule has 1 rings (SSSR count). The van der Waals surface area contributed by atoms with E-state index >= 15 is 0 Å². The fraction of sp³-hybridized carbons (Fsp3) is 0.364. The molecule has 0 spiro atoms. The minimum Gasteiger partial charge on any atom is -0.497 e. The largest absolute Gasteiger partial charge is 0.497 e. The molecule has 0 saturated carbocycles. The number of amides is 1. The number of methoxy groups -OCH3 is 1. The third-order valence-corrected chi connectivity index (χ3v) is 2.79. The van der Waals surface area contributed by atoms with Gasteiger partial charge in [0.15, 0.2) is 0 Å². The van der Waals surface area contributed by atoms with Crippen LogP contribution in [0.1, 0.15) is 0 Å². The molecule has 1 aromatic carbocycles. The highest BCUT2D eigenvalue weighted by molar-refractivity contribution is 9.10. The second-order valence-electron chi connectivity index (χ2n) is 3.59. The van der Waals surface area contributed by atoms with Gasteiger partial charge in [0.25, 0.3) is 0 Å². The van der Waals surface area contributed by atoms with Gasteiger partial charge < -0.3 is 15.4 Å². The average molecular weight is 341 g/mol. The molecule has 0 radical (unpaired) electrons. The second-order valence-corrected chi connectivity index (χ2v) is 4.45. The van der Waals surface area contributed by atoms with Crippen molar-refractivity contribution < 1.29 is 22.7 Å². The zero-order chi connectivity index (χ0) is 14.5. The summed E-state index contributed by atoms with van der Waals surface area (Å²) in [6.45, 7) is -1.60. The molecule has 2 N–H and O–H groups in total. The summed E-state index contributed by atoms with van der Waals surface area (Å²) >= 11 is 3.25. The molecule has 0 aliphatic rings. The van der Waals surface area contributed by atoms with Crippen LogP contribution in [0.3, 0.4) is 0 Å². The first-order valence-corrected chi connectivity index (χ1v) is 6.02. The summed E-state index contributed by atoms with van der Waals surface area (Å²) in [5.74, 6) is -0.173. The Bertz CT molecular complexity index is 452. The lowest BCUT2D eigenvalue weighted by Crippen LogP contribution is -2.37. The first kappa shape index (κ1) is 15.6. The molecular formula is C11H12BrF3N2O2. The van der Waals surface area contributed by atoms with Gasteiger partial charge in [0.1, 0.15) is 12.3 Å². The van der Waals surface area contributed by atoms with Gasteiger partial charge in [0.2, 0.25) is 5.91 Å². The Morgan fingerprint density at radius 2 is 2.11 bits per heavy atom. The Morgan fingerprint density at radius 1 is 1.42 bits per heavy atom. The Hall–Kier alpha value is -1.44. The summed E-state index contributed by atoms with van der Waals surface area (Å²) in [7, 11) is 1.49. The van der Waals surface area contributed by atoms with Crippen molar-refractivity contribution in [1.29, 1.82) is 0 Å². The molecule has 4 nitrogen and oxygen atoms in total. The predicted molar refractivity (Wildman–Crippen MR) is 68.2 cm³/mol. The van der Waals surface area contributed by atoms with Gasteiger partial charge in [-0.05, 0) is 28.1 Å². The van der Waals surface area contributed by atoms with E-state index in [1.807, 2.05) is 0 Å². The number of halogens is 4. The summed E-state index contributed by atoms with van der Waals surface area (Å²) in [4.78, 5) is 11.2. The average Bonchev–Trinajstić information content (AvgIpc) is 2.34. The van der Waals surface area contributed by atoms with Gasteiger partial charge in [-0.25, -0.2) is 0 Å². The number of ether oxygens (including phenoxy) is 1. The summed E-state index contributed by atoms with van der Waals surface area (Å²) in [5, 5.41) is 4.49. The van der Waals surface area contributed by atoms with Gasteiger partial charge in [-0.2, -0.15) is 13.2 Å². The number of carbonyl (C=O) groups is 1. The Morgan fingerprint density at radius 3 is 2.68 bits per heavy atom. The SMILES string of the molecule is COc1ccc(Br)c(NCC(=O)NCC(F)(F)F)c1. The quantitative estimate of drug-likeness (QED) is 0.866. The maximum Gasteiger partial charge on any atom is 0.405 e. The number of anilines is 1. The van der Waals surface area contributed by atoms with E-state index in [2.05, 4.69) is 21.2 Å². The topological polar surface area (TPSA) is 50.4 Å². The van der Waals surface area contributed by atoms with Crippen LogP contribution in [0.15, 0.2) is 22.7 Å². The van der Waals surface area contributed by atoms with E-state index in [1.54, 1.807) is 23.5 Å². The summed E-state index contributed by atoms with van der Waals surface area (Å²) in [6.07, 6.45) is -4.41. The fourth-order valence-electron chi connectivity index (χ4n) is 1.20. The van der Waals surface area contributed by atoms with Crippen molar-refractivity contribution in [3.05, 3.63) is 22.7 Å². The highest BCUT2D eigenvalue weighted by Gasteiger charge is 2.27. The van der Waals surface area contributed by atoms with Crippen molar-refractivity contribution in [1.82, 2.24) is 5.32 Å².